The molecule has 0 unspecified atom stereocenters. The van der Waals surface area contributed by atoms with E-state index in [1.54, 1.807) is 0 Å². The van der Waals surface area contributed by atoms with Crippen LogP contribution in [-0.2, 0) is 0 Å². The summed E-state index contributed by atoms with van der Waals surface area (Å²) in [5, 5.41) is 3.69. The molecule has 0 saturated carbocycles. The van der Waals surface area contributed by atoms with Crippen molar-refractivity contribution < 1.29 is 13.9 Å². The maximum atomic E-state index is 14.0. The van der Waals surface area contributed by atoms with Crippen LogP contribution in [-0.4, -0.2) is 56.0 Å². The molecule has 0 spiro atoms. The Balaban J connectivity index is 1.46. The highest BCUT2D eigenvalue weighted by Gasteiger charge is 2.20. The molecule has 1 fully saturated rings. The number of ether oxygens (including phenoxy) is 1. The Morgan fingerprint density at radius 1 is 1.16 bits per heavy atom. The number of carbonyl (C=O) groups is 1. The first-order valence-electron chi connectivity index (χ1n) is 9.89. The summed E-state index contributed by atoms with van der Waals surface area (Å²) in [5.41, 5.74) is 8.18. The molecule has 1 saturated heterocycles. The first kappa shape index (κ1) is 21.1. The maximum absolute atomic E-state index is 14.0. The van der Waals surface area contributed by atoms with Crippen LogP contribution in [0.5, 0.6) is 5.75 Å². The van der Waals surface area contributed by atoms with Gasteiger partial charge in [-0.05, 0) is 49.5 Å². The van der Waals surface area contributed by atoms with Crippen LogP contribution in [0, 0.1) is 5.82 Å². The number of hydrogen-bond acceptors (Lipinski definition) is 8. The molecule has 0 amide bonds. The van der Waals surface area contributed by atoms with Crippen LogP contribution < -0.4 is 20.7 Å². The summed E-state index contributed by atoms with van der Waals surface area (Å²) in [6.45, 7) is 4.11. The largest absolute Gasteiger partial charge is 0.494 e. The Labute approximate surface area is 184 Å². The zero-order valence-corrected chi connectivity index (χ0v) is 18.2. The van der Waals surface area contributed by atoms with E-state index in [1.165, 1.54) is 24.9 Å². The molecule has 3 N–H and O–H groups in total. The predicted octanol–water partition coefficient (Wildman–Crippen LogP) is 3.60. The van der Waals surface area contributed by atoms with Crippen LogP contribution in [0.1, 0.15) is 15.2 Å². The SMILES string of the molecule is COc1ccc(C(=O)c2sc(Nc3ccc(N4CCN(C)CC4)cc3)nc2N)cc1F. The van der Waals surface area contributed by atoms with E-state index in [0.29, 0.717) is 5.13 Å². The van der Waals surface area contributed by atoms with Crippen molar-refractivity contribution in [2.45, 2.75) is 0 Å². The zero-order valence-electron chi connectivity index (χ0n) is 17.4. The van der Waals surface area contributed by atoms with Gasteiger partial charge in [-0.3, -0.25) is 4.79 Å². The average molecular weight is 442 g/mol. The number of halogens is 1. The van der Waals surface area contributed by atoms with Crippen molar-refractivity contribution in [3.8, 4) is 5.75 Å². The number of nitrogens with zero attached hydrogens (tertiary/aromatic N) is 3. The fourth-order valence-corrected chi connectivity index (χ4v) is 4.30. The standard InChI is InChI=1S/C22H24FN5O2S/c1-27-9-11-28(12-10-27)16-6-4-15(5-7-16)25-22-26-21(24)20(31-22)19(29)14-3-8-18(30-2)17(23)13-14/h3-8,13H,9-12,24H2,1-2H3,(H,25,26). The van der Waals surface area contributed by atoms with Gasteiger partial charge >= 0.3 is 0 Å². The highest BCUT2D eigenvalue weighted by molar-refractivity contribution is 7.18. The number of ketones is 1. The van der Waals surface area contributed by atoms with Gasteiger partial charge in [-0.25, -0.2) is 9.37 Å². The Bertz CT molecular complexity index is 1080. The van der Waals surface area contributed by atoms with E-state index >= 15 is 0 Å². The summed E-state index contributed by atoms with van der Waals surface area (Å²) < 4.78 is 18.9. The number of hydrogen-bond donors (Lipinski definition) is 2. The van der Waals surface area contributed by atoms with Crippen molar-refractivity contribution >= 4 is 39.4 Å². The number of carbonyl (C=O) groups excluding carboxylic acids is 1. The number of nitrogens with one attached hydrogen (secondary N) is 1. The molecule has 1 aromatic heterocycles. The molecule has 31 heavy (non-hydrogen) atoms. The normalized spacial score (nSPS) is 14.5. The Hall–Kier alpha value is -3.17. The number of benzene rings is 2. The minimum Gasteiger partial charge on any atom is -0.494 e. The zero-order chi connectivity index (χ0) is 22.0. The van der Waals surface area contributed by atoms with Crippen LogP contribution in [0.2, 0.25) is 0 Å². The molecule has 1 aliphatic rings. The topological polar surface area (TPSA) is 83.7 Å². The minimum atomic E-state index is -0.602. The second kappa shape index (κ2) is 8.91. The molecule has 0 bridgehead atoms. The molecule has 4 rings (SSSR count). The fourth-order valence-electron chi connectivity index (χ4n) is 3.43. The second-order valence-corrected chi connectivity index (χ2v) is 8.37. The van der Waals surface area contributed by atoms with Crippen LogP contribution >= 0.6 is 11.3 Å². The van der Waals surface area contributed by atoms with Crippen molar-refractivity contribution in [2.24, 2.45) is 0 Å². The summed E-state index contributed by atoms with van der Waals surface area (Å²) >= 11 is 1.14. The number of nitrogen functional groups attached to an aromatic ring is 1. The lowest BCUT2D eigenvalue weighted by Gasteiger charge is -2.34. The highest BCUT2D eigenvalue weighted by Crippen LogP contribution is 2.31. The Morgan fingerprint density at radius 3 is 2.52 bits per heavy atom. The van der Waals surface area contributed by atoms with E-state index in [-0.39, 0.29) is 27.8 Å². The third-order valence-corrected chi connectivity index (χ3v) is 6.25. The van der Waals surface area contributed by atoms with Crippen molar-refractivity contribution in [2.75, 3.05) is 56.3 Å². The van der Waals surface area contributed by atoms with E-state index in [4.69, 9.17) is 10.5 Å². The van der Waals surface area contributed by atoms with Crippen molar-refractivity contribution in [3.05, 3.63) is 58.7 Å². The quantitative estimate of drug-likeness (QED) is 0.566. The molecule has 3 aromatic rings. The molecule has 0 aliphatic carbocycles. The van der Waals surface area contributed by atoms with Gasteiger partial charge in [0.2, 0.25) is 5.78 Å². The van der Waals surface area contributed by atoms with Gasteiger partial charge in [-0.15, -0.1) is 0 Å². The third kappa shape index (κ3) is 4.62. The van der Waals surface area contributed by atoms with Gasteiger partial charge in [-0.2, -0.15) is 0 Å². The van der Waals surface area contributed by atoms with Gasteiger partial charge < -0.3 is 25.6 Å². The van der Waals surface area contributed by atoms with E-state index in [2.05, 4.69) is 39.3 Å². The maximum Gasteiger partial charge on any atom is 0.206 e. The predicted molar refractivity (Wildman–Crippen MR) is 122 cm³/mol. The summed E-state index contributed by atoms with van der Waals surface area (Å²) in [6.07, 6.45) is 0. The summed E-state index contributed by atoms with van der Waals surface area (Å²) in [4.78, 5) is 22.0. The van der Waals surface area contributed by atoms with Crippen molar-refractivity contribution in [1.29, 1.82) is 0 Å². The second-order valence-electron chi connectivity index (χ2n) is 7.37. The monoisotopic (exact) mass is 441 g/mol. The molecule has 2 aromatic carbocycles. The lowest BCUT2D eigenvalue weighted by Crippen LogP contribution is -2.44. The van der Waals surface area contributed by atoms with Gasteiger partial charge in [0.1, 0.15) is 10.7 Å². The lowest BCUT2D eigenvalue weighted by atomic mass is 10.1. The molecule has 0 atom stereocenters. The Morgan fingerprint density at radius 2 is 1.87 bits per heavy atom. The van der Waals surface area contributed by atoms with Crippen molar-refractivity contribution in [3.63, 3.8) is 0 Å². The number of thiazole rings is 1. The van der Waals surface area contributed by atoms with E-state index in [9.17, 15) is 9.18 Å². The summed E-state index contributed by atoms with van der Waals surface area (Å²) in [5.74, 6) is -0.788. The smallest absolute Gasteiger partial charge is 0.206 e. The molecular weight excluding hydrogens is 417 g/mol. The number of nitrogens with two attached hydrogens (primary N) is 1. The molecular formula is C22H24FN5O2S. The number of likely N-dealkylation sites (N-methyl/N-ethyl adjacent to an activating group) is 1. The average Bonchev–Trinajstić information content (AvgIpc) is 3.14. The highest BCUT2D eigenvalue weighted by atomic mass is 32.1. The van der Waals surface area contributed by atoms with Crippen LogP contribution in [0.4, 0.5) is 26.7 Å². The van der Waals surface area contributed by atoms with E-state index < -0.39 is 5.82 Å². The number of methoxy groups -OCH3 is 1. The lowest BCUT2D eigenvalue weighted by molar-refractivity contribution is 0.104. The number of anilines is 4. The van der Waals surface area contributed by atoms with Gasteiger partial charge in [0.25, 0.3) is 0 Å². The Kier molecular flexibility index (Phi) is 6.06. The summed E-state index contributed by atoms with van der Waals surface area (Å²) in [7, 11) is 3.50. The number of rotatable bonds is 6. The minimum absolute atomic E-state index is 0.0798. The first-order valence-corrected chi connectivity index (χ1v) is 10.7. The van der Waals surface area contributed by atoms with Crippen LogP contribution in [0.15, 0.2) is 42.5 Å². The fraction of sp³-hybridized carbons (Fsp3) is 0.273. The van der Waals surface area contributed by atoms with Gasteiger partial charge in [0.05, 0.1) is 7.11 Å². The molecule has 162 valence electrons. The van der Waals surface area contributed by atoms with E-state index in [1.807, 2.05) is 12.1 Å². The van der Waals surface area contributed by atoms with Gasteiger partial charge in [-0.1, -0.05) is 11.3 Å². The summed E-state index contributed by atoms with van der Waals surface area (Å²) in [6, 6.07) is 12.2. The van der Waals surface area contributed by atoms with Gasteiger partial charge in [0, 0.05) is 43.1 Å². The van der Waals surface area contributed by atoms with Gasteiger partial charge in [0.15, 0.2) is 16.7 Å². The molecule has 9 heteroatoms. The molecule has 0 radical (unpaired) electrons. The van der Waals surface area contributed by atoms with Crippen LogP contribution in [0.25, 0.3) is 0 Å². The molecule has 2 heterocycles. The van der Waals surface area contributed by atoms with Crippen LogP contribution in [0.3, 0.4) is 0 Å². The van der Waals surface area contributed by atoms with E-state index in [0.717, 1.165) is 49.3 Å². The third-order valence-electron chi connectivity index (χ3n) is 5.26. The first-order chi connectivity index (χ1) is 14.9. The molecule has 1 aliphatic heterocycles. The number of piperazine rings is 1. The number of aromatic nitrogens is 1. The molecule has 7 nitrogen and oxygen atoms in total. The van der Waals surface area contributed by atoms with Crippen molar-refractivity contribution in [1.82, 2.24) is 9.88 Å².